The molecule has 0 amide bonds. The smallest absolute Gasteiger partial charge is 0.147 e. The number of rotatable bonds is 3. The molecule has 0 bridgehead atoms. The first-order valence-electron chi connectivity index (χ1n) is 6.83. The number of hydrogen-bond acceptors (Lipinski definition) is 4. The lowest BCUT2D eigenvalue weighted by Crippen LogP contribution is -2.51. The van der Waals surface area contributed by atoms with Crippen LogP contribution in [-0.4, -0.2) is 28.8 Å². The molecule has 0 radical (unpaired) electrons. The van der Waals surface area contributed by atoms with Gasteiger partial charge in [0, 0.05) is 18.9 Å². The summed E-state index contributed by atoms with van der Waals surface area (Å²) in [5, 5.41) is 10.3. The number of para-hydroxylation sites is 2. The average Bonchev–Trinajstić information content (AvgIpc) is 2.49. The molecule has 2 heterocycles. The molecule has 21 heavy (non-hydrogen) atoms. The molecule has 110 valence electrons. The van der Waals surface area contributed by atoms with Crippen molar-refractivity contribution in [1.29, 1.82) is 0 Å². The molecule has 1 aliphatic rings. The largest absolute Gasteiger partial charge is 0.481 e. The lowest BCUT2D eigenvalue weighted by atomic mass is 10.0. The fraction of sp³-hybridized carbons (Fsp3) is 0.312. The van der Waals surface area contributed by atoms with Crippen LogP contribution in [0.3, 0.4) is 0 Å². The second-order valence-electron chi connectivity index (χ2n) is 5.50. The van der Waals surface area contributed by atoms with Crippen LogP contribution in [0.2, 0.25) is 5.02 Å². The minimum atomic E-state index is -0.617. The van der Waals surface area contributed by atoms with Crippen LogP contribution in [0.4, 0.5) is 5.69 Å². The fourth-order valence-corrected chi connectivity index (χ4v) is 2.73. The van der Waals surface area contributed by atoms with Gasteiger partial charge in [-0.2, -0.15) is 0 Å². The molecule has 0 saturated heterocycles. The predicted octanol–water partition coefficient (Wildman–Crippen LogP) is 2.89. The molecule has 2 aromatic rings. The van der Waals surface area contributed by atoms with Gasteiger partial charge >= 0.3 is 0 Å². The van der Waals surface area contributed by atoms with Crippen molar-refractivity contribution >= 4 is 17.3 Å². The summed E-state index contributed by atoms with van der Waals surface area (Å²) in [6.45, 7) is 3.11. The lowest BCUT2D eigenvalue weighted by Gasteiger charge is -2.42. The first-order valence-corrected chi connectivity index (χ1v) is 7.21. The molecule has 1 N–H and O–H groups in total. The highest BCUT2D eigenvalue weighted by molar-refractivity contribution is 6.31. The third kappa shape index (κ3) is 2.82. The molecule has 3 rings (SSSR count). The van der Waals surface area contributed by atoms with Gasteiger partial charge in [-0.3, -0.25) is 4.98 Å². The predicted molar refractivity (Wildman–Crippen MR) is 82.9 cm³/mol. The monoisotopic (exact) mass is 304 g/mol. The van der Waals surface area contributed by atoms with Gasteiger partial charge in [-0.15, -0.1) is 0 Å². The Morgan fingerprint density at radius 1 is 1.38 bits per heavy atom. The maximum atomic E-state index is 9.63. The van der Waals surface area contributed by atoms with E-state index >= 15 is 0 Å². The minimum Gasteiger partial charge on any atom is -0.481 e. The van der Waals surface area contributed by atoms with Crippen molar-refractivity contribution in [3.05, 3.63) is 53.3 Å². The molecule has 1 atom stereocenters. The van der Waals surface area contributed by atoms with Gasteiger partial charge in [-0.25, -0.2) is 0 Å². The SMILES string of the molecule is C[C@]1(CO)CN(Cc2ccncc2Cl)c2ccccc2O1. The van der Waals surface area contributed by atoms with Crippen LogP contribution in [0.5, 0.6) is 5.75 Å². The molecule has 0 spiro atoms. The molecule has 1 aromatic carbocycles. The number of pyridine rings is 1. The zero-order valence-corrected chi connectivity index (χ0v) is 12.5. The number of nitrogens with zero attached hydrogens (tertiary/aromatic N) is 2. The lowest BCUT2D eigenvalue weighted by molar-refractivity contribution is 0.0234. The Morgan fingerprint density at radius 3 is 2.95 bits per heavy atom. The first kappa shape index (κ1) is 14.2. The van der Waals surface area contributed by atoms with E-state index in [4.69, 9.17) is 16.3 Å². The minimum absolute atomic E-state index is 0.0398. The maximum Gasteiger partial charge on any atom is 0.147 e. The Morgan fingerprint density at radius 2 is 2.19 bits per heavy atom. The Kier molecular flexibility index (Phi) is 3.74. The van der Waals surface area contributed by atoms with Crippen molar-refractivity contribution in [2.75, 3.05) is 18.1 Å². The van der Waals surface area contributed by atoms with Crippen molar-refractivity contribution in [3.8, 4) is 5.75 Å². The second kappa shape index (κ2) is 5.54. The molecule has 0 fully saturated rings. The maximum absolute atomic E-state index is 9.63. The van der Waals surface area contributed by atoms with Gasteiger partial charge in [0.2, 0.25) is 0 Å². The highest BCUT2D eigenvalue weighted by Gasteiger charge is 2.35. The molecule has 0 saturated carbocycles. The summed E-state index contributed by atoms with van der Waals surface area (Å²) >= 11 is 6.21. The number of hydrogen-bond donors (Lipinski definition) is 1. The van der Waals surface area contributed by atoms with Crippen molar-refractivity contribution in [3.63, 3.8) is 0 Å². The van der Waals surface area contributed by atoms with Crippen LogP contribution in [0, 0.1) is 0 Å². The van der Waals surface area contributed by atoms with Crippen molar-refractivity contribution in [2.45, 2.75) is 19.1 Å². The van der Waals surface area contributed by atoms with E-state index in [1.807, 2.05) is 37.3 Å². The number of anilines is 1. The average molecular weight is 305 g/mol. The molecule has 0 unspecified atom stereocenters. The zero-order chi connectivity index (χ0) is 14.9. The molecule has 5 heteroatoms. The topological polar surface area (TPSA) is 45.6 Å². The third-order valence-electron chi connectivity index (χ3n) is 3.64. The number of aliphatic hydroxyl groups excluding tert-OH is 1. The van der Waals surface area contributed by atoms with E-state index in [1.165, 1.54) is 0 Å². The van der Waals surface area contributed by atoms with Crippen LogP contribution >= 0.6 is 11.6 Å². The second-order valence-corrected chi connectivity index (χ2v) is 5.91. The van der Waals surface area contributed by atoms with Gasteiger partial charge in [0.15, 0.2) is 0 Å². The van der Waals surface area contributed by atoms with E-state index in [2.05, 4.69) is 9.88 Å². The number of aliphatic hydroxyl groups is 1. The van der Waals surface area contributed by atoms with E-state index in [-0.39, 0.29) is 6.61 Å². The summed E-state index contributed by atoms with van der Waals surface area (Å²) in [6.07, 6.45) is 3.38. The molecule has 4 nitrogen and oxygen atoms in total. The fourth-order valence-electron chi connectivity index (χ4n) is 2.55. The summed E-state index contributed by atoms with van der Waals surface area (Å²) < 4.78 is 5.93. The van der Waals surface area contributed by atoms with Crippen LogP contribution in [-0.2, 0) is 6.54 Å². The van der Waals surface area contributed by atoms with Crippen LogP contribution in [0.1, 0.15) is 12.5 Å². The summed E-state index contributed by atoms with van der Waals surface area (Å²) in [5.74, 6) is 0.783. The van der Waals surface area contributed by atoms with Gasteiger partial charge in [0.05, 0.1) is 23.9 Å². The van der Waals surface area contributed by atoms with Crippen LogP contribution < -0.4 is 9.64 Å². The van der Waals surface area contributed by atoms with Crippen molar-refractivity contribution in [1.82, 2.24) is 4.98 Å². The summed E-state index contributed by atoms with van der Waals surface area (Å²) in [4.78, 5) is 6.19. The van der Waals surface area contributed by atoms with Gasteiger partial charge in [0.25, 0.3) is 0 Å². The van der Waals surface area contributed by atoms with E-state index in [0.29, 0.717) is 18.1 Å². The molecule has 1 aromatic heterocycles. The zero-order valence-electron chi connectivity index (χ0n) is 11.8. The number of benzene rings is 1. The molecular formula is C16H17ClN2O2. The molecular weight excluding hydrogens is 288 g/mol. The summed E-state index contributed by atoms with van der Waals surface area (Å²) in [7, 11) is 0. The number of aromatic nitrogens is 1. The Balaban J connectivity index is 1.95. The molecule has 1 aliphatic heterocycles. The highest BCUT2D eigenvalue weighted by atomic mass is 35.5. The van der Waals surface area contributed by atoms with Gasteiger partial charge in [-0.1, -0.05) is 23.7 Å². The highest BCUT2D eigenvalue weighted by Crippen LogP contribution is 2.37. The summed E-state index contributed by atoms with van der Waals surface area (Å²) in [6, 6.07) is 9.76. The van der Waals surface area contributed by atoms with Gasteiger partial charge < -0.3 is 14.7 Å². The number of fused-ring (bicyclic) bond motifs is 1. The first-order chi connectivity index (χ1) is 10.1. The van der Waals surface area contributed by atoms with E-state index in [9.17, 15) is 5.11 Å². The van der Waals surface area contributed by atoms with E-state index in [1.54, 1.807) is 12.4 Å². The normalized spacial score (nSPS) is 20.8. The van der Waals surface area contributed by atoms with Crippen molar-refractivity contribution in [2.24, 2.45) is 0 Å². The quantitative estimate of drug-likeness (QED) is 0.947. The van der Waals surface area contributed by atoms with Gasteiger partial charge in [0.1, 0.15) is 11.4 Å². The van der Waals surface area contributed by atoms with E-state index in [0.717, 1.165) is 17.0 Å². The third-order valence-corrected chi connectivity index (χ3v) is 3.98. The van der Waals surface area contributed by atoms with Crippen LogP contribution in [0.25, 0.3) is 0 Å². The van der Waals surface area contributed by atoms with Crippen molar-refractivity contribution < 1.29 is 9.84 Å². The van der Waals surface area contributed by atoms with Gasteiger partial charge in [-0.05, 0) is 30.7 Å². The van der Waals surface area contributed by atoms with Crippen LogP contribution in [0.15, 0.2) is 42.7 Å². The van der Waals surface area contributed by atoms with E-state index < -0.39 is 5.60 Å². The summed E-state index contributed by atoms with van der Waals surface area (Å²) in [5.41, 5.74) is 1.40. The number of halogens is 1. The Labute approximate surface area is 128 Å². The number of ether oxygens (including phenoxy) is 1. The Hall–Kier alpha value is -1.78. The standard InChI is InChI=1S/C16H17ClN2O2/c1-16(11-20)10-19(9-12-6-7-18-8-13(12)17)14-4-2-3-5-15(14)21-16/h2-8,20H,9-11H2,1H3/t16-/m1/s1. The molecule has 0 aliphatic carbocycles. The Bertz CT molecular complexity index is 650.